The van der Waals surface area contributed by atoms with Crippen molar-refractivity contribution in [2.45, 2.75) is 19.5 Å². The van der Waals surface area contributed by atoms with Crippen LogP contribution in [0.3, 0.4) is 0 Å². The minimum atomic E-state index is 0.125. The molecule has 2 aromatic rings. The Kier molecular flexibility index (Phi) is 6.79. The second-order valence-electron chi connectivity index (χ2n) is 6.80. The first-order chi connectivity index (χ1) is 13.2. The molecule has 1 N–H and O–H groups in total. The Balaban J connectivity index is 1.59. The van der Waals surface area contributed by atoms with Crippen LogP contribution in [0.1, 0.15) is 24.1 Å². The number of nitrogens with one attached hydrogen (secondary N) is 1. The maximum Gasteiger partial charge on any atom is 0.236 e. The lowest BCUT2D eigenvalue weighted by Gasteiger charge is -2.36. The van der Waals surface area contributed by atoms with Crippen molar-refractivity contribution in [1.29, 1.82) is 0 Å². The molecule has 0 saturated carbocycles. The van der Waals surface area contributed by atoms with Crippen molar-refractivity contribution >= 4 is 5.91 Å². The normalized spacial score (nSPS) is 17.5. The number of rotatable bonds is 7. The Hall–Kier alpha value is -2.44. The summed E-state index contributed by atoms with van der Waals surface area (Å²) in [6, 6.07) is 12.1. The maximum absolute atomic E-state index is 12.8. The number of nitrogens with zero attached hydrogens (tertiary/aromatic N) is 3. The van der Waals surface area contributed by atoms with E-state index in [4.69, 9.17) is 4.74 Å². The van der Waals surface area contributed by atoms with Crippen LogP contribution in [0, 0.1) is 0 Å². The molecule has 1 aromatic carbocycles. The summed E-state index contributed by atoms with van der Waals surface area (Å²) in [5, 5.41) is 3.41. The van der Waals surface area contributed by atoms with E-state index in [1.807, 2.05) is 50.5 Å². The van der Waals surface area contributed by atoms with Gasteiger partial charge in [-0.15, -0.1) is 0 Å². The number of piperazine rings is 1. The Morgan fingerprint density at radius 3 is 2.85 bits per heavy atom. The first-order valence-electron chi connectivity index (χ1n) is 9.47. The van der Waals surface area contributed by atoms with Crippen molar-refractivity contribution in [3.8, 4) is 5.75 Å². The van der Waals surface area contributed by atoms with E-state index in [9.17, 15) is 4.79 Å². The lowest BCUT2D eigenvalue weighted by molar-refractivity contribution is -0.132. The minimum absolute atomic E-state index is 0.125. The van der Waals surface area contributed by atoms with E-state index < -0.39 is 0 Å². The number of benzene rings is 1. The van der Waals surface area contributed by atoms with Crippen LogP contribution in [0.15, 0.2) is 48.8 Å². The Morgan fingerprint density at radius 1 is 1.33 bits per heavy atom. The average Bonchev–Trinajstić information content (AvgIpc) is 2.70. The van der Waals surface area contributed by atoms with Crippen LogP contribution < -0.4 is 10.1 Å². The van der Waals surface area contributed by atoms with Crippen LogP contribution in [-0.2, 0) is 11.3 Å². The molecule has 0 spiro atoms. The largest absolute Gasteiger partial charge is 0.494 e. The minimum Gasteiger partial charge on any atom is -0.494 e. The Labute approximate surface area is 161 Å². The summed E-state index contributed by atoms with van der Waals surface area (Å²) in [6.45, 7) is 6.20. The monoisotopic (exact) mass is 368 g/mol. The van der Waals surface area contributed by atoms with Crippen LogP contribution in [0.5, 0.6) is 5.75 Å². The highest BCUT2D eigenvalue weighted by Gasteiger charge is 2.26. The molecule has 1 unspecified atom stereocenters. The van der Waals surface area contributed by atoms with Gasteiger partial charge in [0.2, 0.25) is 5.91 Å². The summed E-state index contributed by atoms with van der Waals surface area (Å²) in [5.41, 5.74) is 2.24. The van der Waals surface area contributed by atoms with Gasteiger partial charge in [0.25, 0.3) is 0 Å². The fourth-order valence-electron chi connectivity index (χ4n) is 3.35. The van der Waals surface area contributed by atoms with E-state index in [2.05, 4.69) is 21.3 Å². The zero-order valence-corrected chi connectivity index (χ0v) is 16.1. The van der Waals surface area contributed by atoms with Crippen molar-refractivity contribution in [2.24, 2.45) is 0 Å². The van der Waals surface area contributed by atoms with E-state index in [1.54, 1.807) is 11.1 Å². The van der Waals surface area contributed by atoms with E-state index >= 15 is 0 Å². The fourth-order valence-corrected chi connectivity index (χ4v) is 3.35. The fraction of sp³-hybridized carbons (Fsp3) is 0.429. The van der Waals surface area contributed by atoms with E-state index in [0.717, 1.165) is 36.5 Å². The van der Waals surface area contributed by atoms with Gasteiger partial charge < -0.3 is 15.0 Å². The van der Waals surface area contributed by atoms with Crippen molar-refractivity contribution in [1.82, 2.24) is 20.1 Å². The van der Waals surface area contributed by atoms with Crippen molar-refractivity contribution in [2.75, 3.05) is 39.8 Å². The molecule has 1 aliphatic rings. The number of hydrogen-bond acceptors (Lipinski definition) is 5. The quantitative estimate of drug-likeness (QED) is 0.811. The van der Waals surface area contributed by atoms with Gasteiger partial charge in [-0.2, -0.15) is 0 Å². The van der Waals surface area contributed by atoms with Gasteiger partial charge in [0.1, 0.15) is 5.75 Å². The summed E-state index contributed by atoms with van der Waals surface area (Å²) < 4.78 is 5.47. The molecule has 0 aliphatic carbocycles. The molecule has 6 heteroatoms. The number of aromatic nitrogens is 1. The van der Waals surface area contributed by atoms with Gasteiger partial charge in [-0.1, -0.05) is 18.2 Å². The van der Waals surface area contributed by atoms with Crippen LogP contribution in [0.25, 0.3) is 0 Å². The van der Waals surface area contributed by atoms with Gasteiger partial charge in [0.05, 0.1) is 13.2 Å². The Morgan fingerprint density at radius 2 is 2.15 bits per heavy atom. The van der Waals surface area contributed by atoms with Gasteiger partial charge in [0.15, 0.2) is 0 Å². The number of hydrogen-bond donors (Lipinski definition) is 1. The molecule has 2 heterocycles. The molecule has 0 radical (unpaired) electrons. The van der Waals surface area contributed by atoms with Crippen molar-refractivity contribution < 1.29 is 9.53 Å². The van der Waals surface area contributed by atoms with Gasteiger partial charge in [0, 0.05) is 51.7 Å². The molecular formula is C21H28N4O2. The highest BCUT2D eigenvalue weighted by molar-refractivity contribution is 5.78. The van der Waals surface area contributed by atoms with E-state index in [-0.39, 0.29) is 11.9 Å². The van der Waals surface area contributed by atoms with Gasteiger partial charge in [-0.25, -0.2) is 0 Å². The first kappa shape index (κ1) is 19.3. The summed E-state index contributed by atoms with van der Waals surface area (Å²) in [5.74, 6) is 0.982. The lowest BCUT2D eigenvalue weighted by Crippen LogP contribution is -2.49. The molecule has 144 valence electrons. The second-order valence-corrected chi connectivity index (χ2v) is 6.80. The number of amides is 1. The van der Waals surface area contributed by atoms with Gasteiger partial charge >= 0.3 is 0 Å². The third kappa shape index (κ3) is 5.28. The average molecular weight is 368 g/mol. The molecule has 3 rings (SSSR count). The number of pyridine rings is 1. The molecule has 1 amide bonds. The molecule has 0 bridgehead atoms. The topological polar surface area (TPSA) is 57.7 Å². The zero-order chi connectivity index (χ0) is 19.1. The van der Waals surface area contributed by atoms with Crippen LogP contribution in [0.2, 0.25) is 0 Å². The number of carbonyl (C=O) groups excluding carboxylic acids is 1. The first-order valence-corrected chi connectivity index (χ1v) is 9.47. The molecule has 27 heavy (non-hydrogen) atoms. The van der Waals surface area contributed by atoms with Crippen LogP contribution in [0.4, 0.5) is 0 Å². The van der Waals surface area contributed by atoms with Gasteiger partial charge in [-0.05, 0) is 36.2 Å². The van der Waals surface area contributed by atoms with Crippen molar-refractivity contribution in [3.05, 3.63) is 59.9 Å². The zero-order valence-electron chi connectivity index (χ0n) is 16.1. The Bertz CT molecular complexity index is 721. The predicted octanol–water partition coefficient (Wildman–Crippen LogP) is 2.09. The molecule has 1 fully saturated rings. The summed E-state index contributed by atoms with van der Waals surface area (Å²) in [7, 11) is 1.86. The maximum atomic E-state index is 12.8. The highest BCUT2D eigenvalue weighted by Crippen LogP contribution is 2.21. The van der Waals surface area contributed by atoms with Crippen molar-refractivity contribution in [3.63, 3.8) is 0 Å². The second kappa shape index (κ2) is 9.48. The molecule has 1 atom stereocenters. The van der Waals surface area contributed by atoms with E-state index in [0.29, 0.717) is 19.7 Å². The molecule has 1 saturated heterocycles. The smallest absolute Gasteiger partial charge is 0.236 e. The summed E-state index contributed by atoms with van der Waals surface area (Å²) in [4.78, 5) is 21.0. The number of ether oxygens (including phenoxy) is 1. The summed E-state index contributed by atoms with van der Waals surface area (Å²) >= 11 is 0. The lowest BCUT2D eigenvalue weighted by atomic mass is 10.1. The van der Waals surface area contributed by atoms with Crippen LogP contribution >= 0.6 is 0 Å². The SMILES string of the molecule is CCOc1ccc(CN(C)C(=O)CN2CCNCC2c2cccnc2)cc1. The molecule has 1 aliphatic heterocycles. The van der Waals surface area contributed by atoms with E-state index in [1.165, 1.54) is 0 Å². The number of carbonyl (C=O) groups is 1. The third-order valence-electron chi connectivity index (χ3n) is 4.84. The standard InChI is InChI=1S/C21H28N4O2/c1-3-27-19-8-6-17(7-9-19)15-24(2)21(26)16-25-12-11-23-14-20(25)18-5-4-10-22-13-18/h4-10,13,20,23H,3,11-12,14-16H2,1-2H3. The van der Waals surface area contributed by atoms with Gasteiger partial charge in [-0.3, -0.25) is 14.7 Å². The summed E-state index contributed by atoms with van der Waals surface area (Å²) in [6.07, 6.45) is 3.67. The molecule has 1 aromatic heterocycles. The molecule has 6 nitrogen and oxygen atoms in total. The highest BCUT2D eigenvalue weighted by atomic mass is 16.5. The third-order valence-corrected chi connectivity index (χ3v) is 4.84. The molecular weight excluding hydrogens is 340 g/mol. The van der Waals surface area contributed by atoms with Crippen LogP contribution in [-0.4, -0.2) is 60.5 Å². The predicted molar refractivity (Wildman–Crippen MR) is 106 cm³/mol. The number of likely N-dealkylation sites (N-methyl/N-ethyl adjacent to an activating group) is 1.